The molecule has 0 bridgehead atoms. The molecule has 1 fully saturated rings. The summed E-state index contributed by atoms with van der Waals surface area (Å²) in [6, 6.07) is 5.65. The Bertz CT molecular complexity index is 875. The minimum atomic E-state index is -0.498. The summed E-state index contributed by atoms with van der Waals surface area (Å²) in [7, 11) is 0. The molecule has 0 aromatic carbocycles. The molecule has 0 spiro atoms. The number of unbranched alkanes of at least 4 members (excludes halogenated alkanes) is 2. The summed E-state index contributed by atoms with van der Waals surface area (Å²) in [5.41, 5.74) is -0.0173. The topological polar surface area (TPSA) is 91.8 Å². The molecule has 1 N–H and O–H groups in total. The molecule has 6 nitrogen and oxygen atoms in total. The fourth-order valence-electron chi connectivity index (χ4n) is 3.21. The Morgan fingerprint density at radius 1 is 1.34 bits per heavy atom. The molecule has 3 rings (SSSR count). The first-order valence-corrected chi connectivity index (χ1v) is 11.9. The van der Waals surface area contributed by atoms with Gasteiger partial charge in [-0.25, -0.2) is 0 Å². The van der Waals surface area contributed by atoms with E-state index in [4.69, 9.17) is 4.42 Å². The van der Waals surface area contributed by atoms with Crippen molar-refractivity contribution in [3.63, 3.8) is 0 Å². The maximum atomic E-state index is 12.4. The van der Waals surface area contributed by atoms with E-state index in [-0.39, 0.29) is 5.57 Å². The van der Waals surface area contributed by atoms with E-state index in [0.717, 1.165) is 35.8 Å². The molecule has 1 amide bonds. The molecule has 0 aliphatic heterocycles. The number of hydrogen-bond donors (Lipinski definition) is 1. The molecule has 0 atom stereocenters. The monoisotopic (exact) mass is 430 g/mol. The van der Waals surface area contributed by atoms with E-state index in [9.17, 15) is 10.1 Å². The first-order chi connectivity index (χ1) is 14.2. The number of nitrogens with one attached hydrogen (secondary N) is 1. The zero-order valence-corrected chi connectivity index (χ0v) is 18.3. The minimum Gasteiger partial charge on any atom is -0.450 e. The van der Waals surface area contributed by atoms with Gasteiger partial charge < -0.3 is 4.42 Å². The number of anilines is 1. The van der Waals surface area contributed by atoms with Gasteiger partial charge in [-0.15, -0.1) is 10.2 Å². The predicted octanol–water partition coefficient (Wildman–Crippen LogP) is 5.83. The van der Waals surface area contributed by atoms with Crippen molar-refractivity contribution in [2.24, 2.45) is 0 Å². The van der Waals surface area contributed by atoms with Gasteiger partial charge >= 0.3 is 0 Å². The van der Waals surface area contributed by atoms with E-state index in [0.29, 0.717) is 16.1 Å². The Hall–Kier alpha value is -2.11. The van der Waals surface area contributed by atoms with Gasteiger partial charge in [-0.05, 0) is 31.4 Å². The fourth-order valence-corrected chi connectivity index (χ4v) is 5.17. The number of hydrogen-bond acceptors (Lipinski definition) is 7. The van der Waals surface area contributed by atoms with Crippen LogP contribution in [-0.2, 0) is 11.2 Å². The van der Waals surface area contributed by atoms with Crippen LogP contribution in [0.25, 0.3) is 6.08 Å². The number of nitriles is 1. The number of thioether (sulfide) groups is 1. The highest BCUT2D eigenvalue weighted by Gasteiger charge is 2.17. The zero-order valence-electron chi connectivity index (χ0n) is 16.6. The highest BCUT2D eigenvalue weighted by atomic mass is 32.2. The summed E-state index contributed by atoms with van der Waals surface area (Å²) in [4.78, 5) is 12.4. The summed E-state index contributed by atoms with van der Waals surface area (Å²) >= 11 is 3.10. The number of carbonyl (C=O) groups is 1. The SMILES string of the molecule is CCCCCc1nnc(NC(=O)/C(C#N)=C\c2ccc(SC3CCCCC3)o2)s1. The highest BCUT2D eigenvalue weighted by molar-refractivity contribution is 7.99. The van der Waals surface area contributed by atoms with Crippen LogP contribution in [0.2, 0.25) is 0 Å². The van der Waals surface area contributed by atoms with Crippen molar-refractivity contribution in [1.82, 2.24) is 10.2 Å². The van der Waals surface area contributed by atoms with Gasteiger partial charge in [0.15, 0.2) is 5.09 Å². The third-order valence-electron chi connectivity index (χ3n) is 4.77. The quantitative estimate of drug-likeness (QED) is 0.305. The molecule has 2 aromatic rings. The molecule has 2 aromatic heterocycles. The largest absolute Gasteiger partial charge is 0.450 e. The van der Waals surface area contributed by atoms with Crippen molar-refractivity contribution in [2.75, 3.05) is 5.32 Å². The van der Waals surface area contributed by atoms with Gasteiger partial charge in [-0.1, -0.05) is 62.1 Å². The third-order valence-corrected chi connectivity index (χ3v) is 6.93. The fraction of sp³-hybridized carbons (Fsp3) is 0.524. The molecule has 1 aliphatic rings. The summed E-state index contributed by atoms with van der Waals surface area (Å²) in [5.74, 6) is 0.00849. The van der Waals surface area contributed by atoms with E-state index in [2.05, 4.69) is 22.4 Å². The lowest BCUT2D eigenvalue weighted by molar-refractivity contribution is -0.112. The van der Waals surface area contributed by atoms with Crippen LogP contribution < -0.4 is 5.32 Å². The second-order valence-corrected chi connectivity index (χ2v) is 9.48. The third kappa shape index (κ3) is 6.72. The van der Waals surface area contributed by atoms with Crippen molar-refractivity contribution in [3.05, 3.63) is 28.5 Å². The lowest BCUT2D eigenvalue weighted by Gasteiger charge is -2.19. The van der Waals surface area contributed by atoms with Crippen molar-refractivity contribution < 1.29 is 9.21 Å². The van der Waals surface area contributed by atoms with Crippen LogP contribution in [-0.4, -0.2) is 21.4 Å². The number of nitrogens with zero attached hydrogens (tertiary/aromatic N) is 3. The molecule has 8 heteroatoms. The standard InChI is InChI=1S/C21H26N4O2S2/c1-2-3-5-10-18-24-25-21(29-18)23-20(26)15(14-22)13-16-11-12-19(27-16)28-17-8-6-4-7-9-17/h11-13,17H,2-10H2,1H3,(H,23,25,26)/b15-13-. The van der Waals surface area contributed by atoms with E-state index >= 15 is 0 Å². The van der Waals surface area contributed by atoms with Gasteiger partial charge in [0, 0.05) is 17.7 Å². The molecule has 0 unspecified atom stereocenters. The summed E-state index contributed by atoms with van der Waals surface area (Å²) in [5, 5.41) is 22.9. The minimum absolute atomic E-state index is 0.0173. The first-order valence-electron chi connectivity index (χ1n) is 10.2. The van der Waals surface area contributed by atoms with Gasteiger partial charge in [0.1, 0.15) is 22.4 Å². The van der Waals surface area contributed by atoms with Gasteiger partial charge in [-0.2, -0.15) is 5.26 Å². The van der Waals surface area contributed by atoms with Crippen LogP contribution in [0.1, 0.15) is 69.1 Å². The van der Waals surface area contributed by atoms with Crippen molar-refractivity contribution in [3.8, 4) is 6.07 Å². The average molecular weight is 431 g/mol. The van der Waals surface area contributed by atoms with Crippen LogP contribution >= 0.6 is 23.1 Å². The number of aryl methyl sites for hydroxylation is 1. The maximum Gasteiger partial charge on any atom is 0.268 e. The van der Waals surface area contributed by atoms with Crippen LogP contribution in [0.5, 0.6) is 0 Å². The normalized spacial score (nSPS) is 15.2. The molecule has 2 heterocycles. The summed E-state index contributed by atoms with van der Waals surface area (Å²) in [6.45, 7) is 2.15. The smallest absolute Gasteiger partial charge is 0.268 e. The maximum absolute atomic E-state index is 12.4. The van der Waals surface area contributed by atoms with E-state index in [1.807, 2.05) is 12.1 Å². The molecule has 0 radical (unpaired) electrons. The number of aromatic nitrogens is 2. The van der Waals surface area contributed by atoms with Gasteiger partial charge in [0.25, 0.3) is 5.91 Å². The average Bonchev–Trinajstić information content (AvgIpc) is 3.36. The van der Waals surface area contributed by atoms with Gasteiger partial charge in [0.2, 0.25) is 5.13 Å². The van der Waals surface area contributed by atoms with E-state index in [1.54, 1.807) is 17.8 Å². The Balaban J connectivity index is 1.58. The van der Waals surface area contributed by atoms with Crippen molar-refractivity contribution in [1.29, 1.82) is 5.26 Å². The zero-order chi connectivity index (χ0) is 20.5. The first kappa shape index (κ1) is 21.6. The molecular formula is C21H26N4O2S2. The number of rotatable bonds is 9. The van der Waals surface area contributed by atoms with Crippen molar-refractivity contribution >= 4 is 40.2 Å². The van der Waals surface area contributed by atoms with Crippen LogP contribution in [0.15, 0.2) is 27.2 Å². The van der Waals surface area contributed by atoms with Crippen LogP contribution in [0.3, 0.4) is 0 Å². The summed E-state index contributed by atoms with van der Waals surface area (Å²) in [6.07, 6.45) is 12.0. The van der Waals surface area contributed by atoms with Gasteiger partial charge in [0.05, 0.1) is 0 Å². The molecule has 29 heavy (non-hydrogen) atoms. The van der Waals surface area contributed by atoms with Crippen LogP contribution in [0, 0.1) is 11.3 Å². The summed E-state index contributed by atoms with van der Waals surface area (Å²) < 4.78 is 5.81. The van der Waals surface area contributed by atoms with Crippen molar-refractivity contribution in [2.45, 2.75) is 75.1 Å². The number of amides is 1. The van der Waals surface area contributed by atoms with Gasteiger partial charge in [-0.3, -0.25) is 10.1 Å². The second kappa shape index (κ2) is 11.2. The molecular weight excluding hydrogens is 404 g/mol. The Labute approximate surface area is 179 Å². The number of furan rings is 1. The second-order valence-electron chi connectivity index (χ2n) is 7.12. The molecule has 1 saturated carbocycles. The lowest BCUT2D eigenvalue weighted by atomic mass is 10.0. The predicted molar refractivity (Wildman–Crippen MR) is 117 cm³/mol. The Kier molecular flexibility index (Phi) is 8.32. The number of carbonyl (C=O) groups excluding carboxylic acids is 1. The van der Waals surface area contributed by atoms with E-state index < -0.39 is 5.91 Å². The van der Waals surface area contributed by atoms with Crippen LogP contribution in [0.4, 0.5) is 5.13 Å². The Morgan fingerprint density at radius 3 is 2.93 bits per heavy atom. The lowest BCUT2D eigenvalue weighted by Crippen LogP contribution is -2.13. The molecule has 154 valence electrons. The Morgan fingerprint density at radius 2 is 2.17 bits per heavy atom. The van der Waals surface area contributed by atoms with E-state index in [1.165, 1.54) is 49.5 Å². The molecule has 1 aliphatic carbocycles. The highest BCUT2D eigenvalue weighted by Crippen LogP contribution is 2.34. The molecule has 0 saturated heterocycles.